The van der Waals surface area contributed by atoms with Gasteiger partial charge in [-0.1, -0.05) is 0 Å². The summed E-state index contributed by atoms with van der Waals surface area (Å²) in [6.45, 7) is 4.21. The standard InChI is InChI=1S/C12H17N5OS/c1-9-4-5-16(15-9)8-11-13-14-12(19)17(11)7-10-3-2-6-18-10/h4-5,10H,2-3,6-8H2,1H3,(H,14,19)/t10-/m0/s1. The highest BCUT2D eigenvalue weighted by atomic mass is 32.1. The molecular formula is C12H17N5OS. The minimum atomic E-state index is 0.252. The molecule has 1 saturated heterocycles. The molecule has 7 heteroatoms. The second kappa shape index (κ2) is 5.26. The van der Waals surface area contributed by atoms with Gasteiger partial charge in [0.25, 0.3) is 0 Å². The molecule has 0 aliphatic carbocycles. The van der Waals surface area contributed by atoms with Gasteiger partial charge in [-0.05, 0) is 38.0 Å². The van der Waals surface area contributed by atoms with Crippen molar-refractivity contribution in [1.29, 1.82) is 0 Å². The monoisotopic (exact) mass is 279 g/mol. The zero-order chi connectivity index (χ0) is 13.2. The van der Waals surface area contributed by atoms with E-state index in [0.717, 1.165) is 37.5 Å². The Morgan fingerprint density at radius 2 is 2.47 bits per heavy atom. The van der Waals surface area contributed by atoms with Crippen LogP contribution >= 0.6 is 12.2 Å². The molecule has 1 fully saturated rings. The van der Waals surface area contributed by atoms with Gasteiger partial charge >= 0.3 is 0 Å². The van der Waals surface area contributed by atoms with Gasteiger partial charge < -0.3 is 4.74 Å². The van der Waals surface area contributed by atoms with E-state index in [4.69, 9.17) is 17.0 Å². The molecule has 0 amide bonds. The highest BCUT2D eigenvalue weighted by Crippen LogP contribution is 2.15. The molecule has 1 atom stereocenters. The van der Waals surface area contributed by atoms with Crippen LogP contribution in [0.5, 0.6) is 0 Å². The Kier molecular flexibility index (Phi) is 3.48. The van der Waals surface area contributed by atoms with Crippen molar-refractivity contribution in [2.24, 2.45) is 0 Å². The van der Waals surface area contributed by atoms with Crippen LogP contribution in [0.4, 0.5) is 0 Å². The van der Waals surface area contributed by atoms with Crippen molar-refractivity contribution in [3.63, 3.8) is 0 Å². The van der Waals surface area contributed by atoms with Crippen molar-refractivity contribution in [2.45, 2.75) is 39.0 Å². The van der Waals surface area contributed by atoms with Crippen molar-refractivity contribution in [1.82, 2.24) is 24.5 Å². The molecule has 0 spiro atoms. The summed E-state index contributed by atoms with van der Waals surface area (Å²) in [6, 6.07) is 1.98. The maximum absolute atomic E-state index is 5.66. The maximum Gasteiger partial charge on any atom is 0.195 e. The summed E-state index contributed by atoms with van der Waals surface area (Å²) in [5.41, 5.74) is 1.000. The molecule has 6 nitrogen and oxygen atoms in total. The number of aromatic nitrogens is 5. The van der Waals surface area contributed by atoms with Crippen LogP contribution in [0.1, 0.15) is 24.4 Å². The number of hydrogen-bond donors (Lipinski definition) is 1. The molecule has 1 N–H and O–H groups in total. The molecule has 1 aliphatic rings. The molecule has 0 radical (unpaired) electrons. The summed E-state index contributed by atoms with van der Waals surface area (Å²) in [7, 11) is 0. The van der Waals surface area contributed by atoms with Crippen LogP contribution in [-0.4, -0.2) is 37.3 Å². The first kappa shape index (κ1) is 12.6. The van der Waals surface area contributed by atoms with Gasteiger partial charge in [-0.15, -0.1) is 0 Å². The first-order chi connectivity index (χ1) is 9.22. The SMILES string of the molecule is Cc1ccn(Cc2n[nH]c(=S)n2C[C@@H]2CCCO2)n1. The summed E-state index contributed by atoms with van der Waals surface area (Å²) in [5.74, 6) is 0.892. The number of H-pyrrole nitrogens is 1. The van der Waals surface area contributed by atoms with Crippen LogP contribution in [0.25, 0.3) is 0 Å². The van der Waals surface area contributed by atoms with Gasteiger partial charge in [0.2, 0.25) is 0 Å². The summed E-state index contributed by atoms with van der Waals surface area (Å²) in [5, 5.41) is 11.5. The van der Waals surface area contributed by atoms with Gasteiger partial charge in [-0.25, -0.2) is 0 Å². The molecule has 0 saturated carbocycles. The number of rotatable bonds is 4. The third-order valence-corrected chi connectivity index (χ3v) is 3.64. The van der Waals surface area contributed by atoms with E-state index in [0.29, 0.717) is 11.3 Å². The van der Waals surface area contributed by atoms with Crippen LogP contribution < -0.4 is 0 Å². The van der Waals surface area contributed by atoms with Crippen LogP contribution in [-0.2, 0) is 17.8 Å². The van der Waals surface area contributed by atoms with Gasteiger partial charge in [0.05, 0.1) is 18.3 Å². The van der Waals surface area contributed by atoms with Crippen molar-refractivity contribution in [2.75, 3.05) is 6.61 Å². The number of nitrogens with zero attached hydrogens (tertiary/aromatic N) is 4. The molecular weight excluding hydrogens is 262 g/mol. The Bertz CT molecular complexity index is 608. The number of aromatic amines is 1. The predicted molar refractivity (Wildman–Crippen MR) is 72.5 cm³/mol. The molecule has 1 aliphatic heterocycles. The van der Waals surface area contributed by atoms with E-state index in [1.165, 1.54) is 0 Å². The Hall–Kier alpha value is -1.47. The fourth-order valence-corrected chi connectivity index (χ4v) is 2.57. The molecule has 3 heterocycles. The largest absolute Gasteiger partial charge is 0.376 e. The number of nitrogens with one attached hydrogen (secondary N) is 1. The number of hydrogen-bond acceptors (Lipinski definition) is 4. The average Bonchev–Trinajstić information content (AvgIpc) is 3.08. The van der Waals surface area contributed by atoms with Gasteiger partial charge in [0, 0.05) is 12.8 Å². The number of ether oxygens (including phenoxy) is 1. The maximum atomic E-state index is 5.66. The van der Waals surface area contributed by atoms with Crippen LogP contribution in [0, 0.1) is 11.7 Å². The van der Waals surface area contributed by atoms with Gasteiger partial charge in [0.1, 0.15) is 6.54 Å². The zero-order valence-corrected chi connectivity index (χ0v) is 11.7. The van der Waals surface area contributed by atoms with Crippen LogP contribution in [0.3, 0.4) is 0 Å². The molecule has 0 bridgehead atoms. The van der Waals surface area contributed by atoms with Crippen LogP contribution in [0.2, 0.25) is 0 Å². The molecule has 19 heavy (non-hydrogen) atoms. The summed E-state index contributed by atoms with van der Waals surface area (Å²) in [6.07, 6.45) is 4.42. The first-order valence-electron chi connectivity index (χ1n) is 6.48. The lowest BCUT2D eigenvalue weighted by molar-refractivity contribution is 0.0958. The molecule has 102 valence electrons. The van der Waals surface area contributed by atoms with E-state index in [9.17, 15) is 0 Å². The van der Waals surface area contributed by atoms with E-state index in [1.807, 2.05) is 28.4 Å². The second-order valence-corrected chi connectivity index (χ2v) is 5.23. The highest BCUT2D eigenvalue weighted by Gasteiger charge is 2.18. The van der Waals surface area contributed by atoms with Gasteiger partial charge in [0.15, 0.2) is 10.6 Å². The Morgan fingerprint density at radius 1 is 1.58 bits per heavy atom. The molecule has 0 aromatic carbocycles. The summed E-state index contributed by atoms with van der Waals surface area (Å²) >= 11 is 5.29. The fraction of sp³-hybridized carbons (Fsp3) is 0.583. The topological polar surface area (TPSA) is 60.7 Å². The van der Waals surface area contributed by atoms with Gasteiger partial charge in [-0.3, -0.25) is 14.3 Å². The minimum absolute atomic E-state index is 0.252. The predicted octanol–water partition coefficient (Wildman–Crippen LogP) is 1.67. The fourth-order valence-electron chi connectivity index (χ4n) is 2.35. The van der Waals surface area contributed by atoms with E-state index < -0.39 is 0 Å². The van der Waals surface area contributed by atoms with E-state index >= 15 is 0 Å². The molecule has 3 rings (SSSR count). The second-order valence-electron chi connectivity index (χ2n) is 4.85. The molecule has 0 unspecified atom stereocenters. The number of aryl methyl sites for hydroxylation is 1. The lowest BCUT2D eigenvalue weighted by Crippen LogP contribution is -2.18. The smallest absolute Gasteiger partial charge is 0.195 e. The van der Waals surface area contributed by atoms with E-state index in [-0.39, 0.29) is 6.10 Å². The van der Waals surface area contributed by atoms with Crippen molar-refractivity contribution in [3.05, 3.63) is 28.6 Å². The summed E-state index contributed by atoms with van der Waals surface area (Å²) in [4.78, 5) is 0. The molecule has 2 aromatic heterocycles. The summed E-state index contributed by atoms with van der Waals surface area (Å²) < 4.78 is 10.2. The lowest BCUT2D eigenvalue weighted by Gasteiger charge is -2.12. The van der Waals surface area contributed by atoms with Crippen molar-refractivity contribution >= 4 is 12.2 Å². The highest BCUT2D eigenvalue weighted by molar-refractivity contribution is 7.71. The normalized spacial score (nSPS) is 19.1. The van der Waals surface area contributed by atoms with Crippen molar-refractivity contribution in [3.8, 4) is 0 Å². The third-order valence-electron chi connectivity index (χ3n) is 3.32. The van der Waals surface area contributed by atoms with Gasteiger partial charge in [-0.2, -0.15) is 10.2 Å². The van der Waals surface area contributed by atoms with E-state index in [1.54, 1.807) is 0 Å². The Labute approximate surface area is 116 Å². The average molecular weight is 279 g/mol. The van der Waals surface area contributed by atoms with Crippen LogP contribution in [0.15, 0.2) is 12.3 Å². The quantitative estimate of drug-likeness (QED) is 0.865. The van der Waals surface area contributed by atoms with Crippen molar-refractivity contribution < 1.29 is 4.74 Å². The third kappa shape index (κ3) is 2.76. The molecule has 2 aromatic rings. The van der Waals surface area contributed by atoms with E-state index in [2.05, 4.69) is 15.3 Å². The Balaban J connectivity index is 1.79. The Morgan fingerprint density at radius 3 is 3.16 bits per heavy atom. The first-order valence-corrected chi connectivity index (χ1v) is 6.89. The zero-order valence-electron chi connectivity index (χ0n) is 10.9. The minimum Gasteiger partial charge on any atom is -0.376 e. The lowest BCUT2D eigenvalue weighted by atomic mass is 10.2.